The highest BCUT2D eigenvalue weighted by molar-refractivity contribution is 6.15. The number of nitrogens with zero attached hydrogens (tertiary/aromatic N) is 2. The van der Waals surface area contributed by atoms with E-state index in [0.29, 0.717) is 12.5 Å². The third-order valence-corrected chi connectivity index (χ3v) is 7.41. The highest BCUT2D eigenvalue weighted by Crippen LogP contribution is 2.51. The third-order valence-electron chi connectivity index (χ3n) is 7.13. The maximum atomic E-state index is 13.7. The molecule has 5 rings (SSSR count). The van der Waals surface area contributed by atoms with Gasteiger partial charge in [-0.25, -0.2) is 9.95 Å². The van der Waals surface area contributed by atoms with Crippen LogP contribution in [0.2, 0.25) is 0 Å². The summed E-state index contributed by atoms with van der Waals surface area (Å²) in [6, 6.07) is 5.71. The molecule has 32 heavy (non-hydrogen) atoms. The number of hydrazine groups is 1. The van der Waals surface area contributed by atoms with Crippen molar-refractivity contribution in [2.24, 2.45) is 5.41 Å². The second-order valence-electron chi connectivity index (χ2n) is 8.57. The van der Waals surface area contributed by atoms with Crippen LogP contribution in [0.1, 0.15) is 18.4 Å². The van der Waals surface area contributed by atoms with Crippen molar-refractivity contribution < 1.29 is 19.0 Å². The third kappa shape index (κ3) is 3.22. The van der Waals surface area contributed by atoms with Gasteiger partial charge in [0.25, 0.3) is 0 Å². The predicted octanol–water partition coefficient (Wildman–Crippen LogP) is 2.98. The lowest BCUT2D eigenvalue weighted by Crippen LogP contribution is -2.61. The standard InChI is InChI=1S/C24H28ClN3O4/c1-30-18-7-6-16(19(15-18)31-2)14-20-24-21(4-3-5-22(24)28(25)26-20)27(11-8-23(24)29)17-9-12-32-13-10-17/h3-8,11,15,17,20-21,26H,9-10,12-14H2,1-2H3. The number of carbonyl (C=O) groups excluding carboxylic acids is 1. The SMILES string of the molecule is COc1ccc(CC2NN(Cl)C3=CC=CC4N(C5CCOCC5)C=CC(=O)C324)c(OC)c1. The van der Waals surface area contributed by atoms with Crippen molar-refractivity contribution in [3.8, 4) is 11.5 Å². The molecule has 2 saturated heterocycles. The van der Waals surface area contributed by atoms with E-state index >= 15 is 0 Å². The lowest BCUT2D eigenvalue weighted by Gasteiger charge is -2.50. The second kappa shape index (κ2) is 8.46. The number of carbonyl (C=O) groups is 1. The Labute approximate surface area is 193 Å². The smallest absolute Gasteiger partial charge is 0.173 e. The van der Waals surface area contributed by atoms with Crippen LogP contribution in [-0.4, -0.2) is 60.8 Å². The van der Waals surface area contributed by atoms with Crippen LogP contribution in [0.25, 0.3) is 0 Å². The molecule has 3 atom stereocenters. The van der Waals surface area contributed by atoms with Gasteiger partial charge in [0.15, 0.2) is 5.78 Å². The van der Waals surface area contributed by atoms with E-state index in [1.54, 1.807) is 20.3 Å². The topological polar surface area (TPSA) is 63.3 Å². The minimum Gasteiger partial charge on any atom is -0.497 e. The van der Waals surface area contributed by atoms with Crippen molar-refractivity contribution in [2.75, 3.05) is 27.4 Å². The molecule has 1 aromatic carbocycles. The van der Waals surface area contributed by atoms with Crippen molar-refractivity contribution in [1.82, 2.24) is 14.9 Å². The fraction of sp³-hybridized carbons (Fsp3) is 0.458. The summed E-state index contributed by atoms with van der Waals surface area (Å²) in [6.45, 7) is 1.48. The summed E-state index contributed by atoms with van der Waals surface area (Å²) in [5, 5.41) is 0. The number of ketones is 1. The Hall–Kier alpha value is -2.48. The number of allylic oxidation sites excluding steroid dienone is 3. The largest absolute Gasteiger partial charge is 0.497 e. The minimum atomic E-state index is -0.825. The second-order valence-corrected chi connectivity index (χ2v) is 8.90. The predicted molar refractivity (Wildman–Crippen MR) is 121 cm³/mol. The number of hydrogen-bond donors (Lipinski definition) is 1. The Morgan fingerprint density at radius 3 is 2.81 bits per heavy atom. The van der Waals surface area contributed by atoms with Crippen molar-refractivity contribution in [3.63, 3.8) is 0 Å². The van der Waals surface area contributed by atoms with Gasteiger partial charge in [-0.3, -0.25) is 4.79 Å². The molecule has 1 N–H and O–H groups in total. The number of hydrogen-bond acceptors (Lipinski definition) is 7. The molecule has 3 aliphatic heterocycles. The summed E-state index contributed by atoms with van der Waals surface area (Å²) in [4.78, 5) is 16.0. The summed E-state index contributed by atoms with van der Waals surface area (Å²) < 4.78 is 18.1. The summed E-state index contributed by atoms with van der Waals surface area (Å²) in [5.74, 6) is 1.52. The van der Waals surface area contributed by atoms with Crippen LogP contribution in [0.3, 0.4) is 0 Å². The molecule has 2 fully saturated rings. The molecule has 3 unspecified atom stereocenters. The van der Waals surface area contributed by atoms with Gasteiger partial charge in [0.2, 0.25) is 0 Å². The summed E-state index contributed by atoms with van der Waals surface area (Å²) >= 11 is 6.64. The van der Waals surface area contributed by atoms with Crippen LogP contribution in [0.5, 0.6) is 11.5 Å². The van der Waals surface area contributed by atoms with Crippen molar-refractivity contribution in [2.45, 2.75) is 37.4 Å². The lowest BCUT2D eigenvalue weighted by atomic mass is 9.64. The minimum absolute atomic E-state index is 0.0644. The zero-order chi connectivity index (χ0) is 22.3. The Balaban J connectivity index is 1.55. The van der Waals surface area contributed by atoms with E-state index in [-0.39, 0.29) is 17.9 Å². The maximum absolute atomic E-state index is 13.7. The van der Waals surface area contributed by atoms with Crippen LogP contribution < -0.4 is 14.9 Å². The van der Waals surface area contributed by atoms with E-state index < -0.39 is 5.41 Å². The molecule has 170 valence electrons. The Kier molecular flexibility index (Phi) is 5.65. The average Bonchev–Trinajstić information content (AvgIpc) is 3.12. The molecule has 0 radical (unpaired) electrons. The molecule has 3 heterocycles. The number of ether oxygens (including phenoxy) is 3. The molecule has 8 heteroatoms. The fourth-order valence-electron chi connectivity index (χ4n) is 5.56. The summed E-state index contributed by atoms with van der Waals surface area (Å²) in [6.07, 6.45) is 12.2. The van der Waals surface area contributed by atoms with Gasteiger partial charge in [-0.2, -0.15) is 0 Å². The van der Waals surface area contributed by atoms with Crippen LogP contribution >= 0.6 is 11.8 Å². The van der Waals surface area contributed by atoms with E-state index in [1.165, 1.54) is 4.53 Å². The molecule has 0 amide bonds. The molecule has 0 bridgehead atoms. The zero-order valence-electron chi connectivity index (χ0n) is 18.3. The fourth-order valence-corrected chi connectivity index (χ4v) is 5.87. The van der Waals surface area contributed by atoms with Crippen LogP contribution in [0.15, 0.2) is 54.4 Å². The molecule has 1 spiro atoms. The monoisotopic (exact) mass is 457 g/mol. The highest BCUT2D eigenvalue weighted by Gasteiger charge is 2.62. The first kappa shape index (κ1) is 21.4. The van der Waals surface area contributed by atoms with E-state index in [1.807, 2.05) is 36.6 Å². The summed E-state index contributed by atoms with van der Waals surface area (Å²) in [5.41, 5.74) is 4.31. The normalized spacial score (nSPS) is 29.6. The highest BCUT2D eigenvalue weighted by atomic mass is 35.5. The number of nitrogens with one attached hydrogen (secondary N) is 1. The van der Waals surface area contributed by atoms with Crippen LogP contribution in [0, 0.1) is 5.41 Å². The first-order chi connectivity index (χ1) is 15.6. The Morgan fingerprint density at radius 1 is 1.25 bits per heavy atom. The van der Waals surface area contributed by atoms with Gasteiger partial charge in [0.05, 0.1) is 32.0 Å². The molecular formula is C24H28ClN3O4. The van der Waals surface area contributed by atoms with Gasteiger partial charge in [-0.15, -0.1) is 0 Å². The number of halogens is 1. The Bertz CT molecular complexity index is 987. The zero-order valence-corrected chi connectivity index (χ0v) is 19.0. The van der Waals surface area contributed by atoms with Crippen LogP contribution in [-0.2, 0) is 16.0 Å². The maximum Gasteiger partial charge on any atom is 0.173 e. The Morgan fingerprint density at radius 2 is 2.06 bits per heavy atom. The van der Waals surface area contributed by atoms with Gasteiger partial charge in [0.1, 0.15) is 16.9 Å². The van der Waals surface area contributed by atoms with E-state index in [9.17, 15) is 4.79 Å². The molecule has 0 aromatic heterocycles. The number of rotatable bonds is 5. The summed E-state index contributed by atoms with van der Waals surface area (Å²) in [7, 11) is 3.27. The van der Waals surface area contributed by atoms with Gasteiger partial charge in [0, 0.05) is 43.3 Å². The molecule has 0 saturated carbocycles. The quantitative estimate of drug-likeness (QED) is 0.682. The van der Waals surface area contributed by atoms with Crippen molar-refractivity contribution >= 4 is 17.6 Å². The molecule has 1 aromatic rings. The molecule has 7 nitrogen and oxygen atoms in total. The van der Waals surface area contributed by atoms with Gasteiger partial charge < -0.3 is 19.1 Å². The van der Waals surface area contributed by atoms with Crippen LogP contribution in [0.4, 0.5) is 0 Å². The number of methoxy groups -OCH3 is 2. The van der Waals surface area contributed by atoms with Gasteiger partial charge in [-0.05, 0) is 43.0 Å². The molecule has 4 aliphatic rings. The van der Waals surface area contributed by atoms with Crippen molar-refractivity contribution in [1.29, 1.82) is 0 Å². The average molecular weight is 458 g/mol. The van der Waals surface area contributed by atoms with E-state index in [4.69, 9.17) is 26.0 Å². The van der Waals surface area contributed by atoms with Gasteiger partial charge >= 0.3 is 0 Å². The molecular weight excluding hydrogens is 430 g/mol. The molecule has 1 aliphatic carbocycles. The first-order valence-corrected chi connectivity index (χ1v) is 11.3. The number of benzene rings is 1. The first-order valence-electron chi connectivity index (χ1n) is 11.0. The lowest BCUT2D eigenvalue weighted by molar-refractivity contribution is -0.127. The van der Waals surface area contributed by atoms with E-state index in [2.05, 4.69) is 16.4 Å². The van der Waals surface area contributed by atoms with Gasteiger partial charge in [-0.1, -0.05) is 18.2 Å². The van der Waals surface area contributed by atoms with Crippen molar-refractivity contribution in [3.05, 3.63) is 60.0 Å². The van der Waals surface area contributed by atoms with E-state index in [0.717, 1.165) is 48.8 Å².